The molecule has 4 aliphatic rings. The van der Waals surface area contributed by atoms with E-state index in [1.807, 2.05) is 0 Å². The molecule has 176 valence electrons. The van der Waals surface area contributed by atoms with Crippen molar-refractivity contribution in [1.29, 1.82) is 0 Å². The minimum atomic E-state index is 0.0333. The first-order valence-electron chi connectivity index (χ1n) is 12.7. The number of nitrogens with one attached hydrogen (secondary N) is 2. The zero-order chi connectivity index (χ0) is 22.4. The number of hydrogen-bond donors (Lipinski definition) is 3. The van der Waals surface area contributed by atoms with Gasteiger partial charge in [-0.15, -0.1) is 0 Å². The molecule has 5 heteroatoms. The molecular weight excluding hydrogens is 382 g/mol. The van der Waals surface area contributed by atoms with Crippen molar-refractivity contribution in [3.63, 3.8) is 0 Å². The third-order valence-electron chi connectivity index (χ3n) is 10.0. The largest absolute Gasteiger partial charge is 0.314 e. The maximum Gasteiger partial charge on any atom is 0.0804 e. The number of nitrogens with zero attached hydrogens (tertiary/aromatic N) is 2. The fraction of sp³-hybridized carbons (Fsp3) is 0.846. The Morgan fingerprint density at radius 1 is 1.26 bits per heavy atom. The molecule has 0 spiro atoms. The normalized spacial score (nSPS) is 46.7. The van der Waals surface area contributed by atoms with E-state index < -0.39 is 0 Å². The molecule has 3 fully saturated rings. The van der Waals surface area contributed by atoms with Gasteiger partial charge < -0.3 is 5.73 Å². The molecule has 2 aliphatic heterocycles. The molecule has 2 heterocycles. The van der Waals surface area contributed by atoms with Gasteiger partial charge in [0.15, 0.2) is 0 Å². The lowest BCUT2D eigenvalue weighted by Crippen LogP contribution is -2.67. The molecule has 4 N–H and O–H groups in total. The van der Waals surface area contributed by atoms with Crippen molar-refractivity contribution in [3.05, 3.63) is 23.8 Å². The van der Waals surface area contributed by atoms with E-state index in [9.17, 15) is 0 Å². The molecule has 31 heavy (non-hydrogen) atoms. The Kier molecular flexibility index (Phi) is 6.73. The molecule has 2 aliphatic carbocycles. The van der Waals surface area contributed by atoms with E-state index in [-0.39, 0.29) is 6.17 Å². The van der Waals surface area contributed by atoms with Crippen molar-refractivity contribution in [2.24, 2.45) is 34.3 Å². The second kappa shape index (κ2) is 8.90. The molecule has 8 unspecified atom stereocenters. The molecule has 0 amide bonds. The molecule has 0 bridgehead atoms. The summed E-state index contributed by atoms with van der Waals surface area (Å²) in [6.45, 7) is 15.2. The zero-order valence-electron chi connectivity index (χ0n) is 20.8. The summed E-state index contributed by atoms with van der Waals surface area (Å²) in [6.07, 6.45) is 14.4. The summed E-state index contributed by atoms with van der Waals surface area (Å²) in [7, 11) is 2.20. The highest BCUT2D eigenvalue weighted by molar-refractivity contribution is 5.13. The van der Waals surface area contributed by atoms with Crippen molar-refractivity contribution < 1.29 is 0 Å². The predicted molar refractivity (Wildman–Crippen MR) is 130 cm³/mol. The fourth-order valence-electron chi connectivity index (χ4n) is 7.32. The van der Waals surface area contributed by atoms with Gasteiger partial charge in [0.05, 0.1) is 25.0 Å². The van der Waals surface area contributed by atoms with Gasteiger partial charge in [0.1, 0.15) is 0 Å². The smallest absolute Gasteiger partial charge is 0.0804 e. The van der Waals surface area contributed by atoms with Crippen LogP contribution < -0.4 is 16.4 Å². The van der Waals surface area contributed by atoms with E-state index in [0.717, 1.165) is 31.7 Å². The maximum atomic E-state index is 6.41. The lowest BCUT2D eigenvalue weighted by Gasteiger charge is -2.59. The summed E-state index contributed by atoms with van der Waals surface area (Å²) in [5.41, 5.74) is 8.85. The molecule has 2 saturated heterocycles. The minimum Gasteiger partial charge on any atom is -0.314 e. The molecule has 5 nitrogen and oxygen atoms in total. The molecule has 0 aromatic heterocycles. The van der Waals surface area contributed by atoms with Gasteiger partial charge in [0.2, 0.25) is 0 Å². The highest BCUT2D eigenvalue weighted by Crippen LogP contribution is 2.61. The van der Waals surface area contributed by atoms with E-state index in [1.54, 1.807) is 0 Å². The van der Waals surface area contributed by atoms with E-state index in [4.69, 9.17) is 5.73 Å². The van der Waals surface area contributed by atoms with Crippen molar-refractivity contribution in [2.45, 2.75) is 85.1 Å². The number of nitrogens with two attached hydrogens (primary N) is 1. The Bertz CT molecular complexity index is 704. The standard InChI is InChI=1S/C26H47N5/c1-18(12-15-31-17-30(6)24-22(31)23(27)28-16-29-24)10-13-25(4)20(3)11-14-26(5)19(2)8-7-9-21(25)26/h7-8,12,19-24,28-29H,9-11,13-17,27H2,1-6H3. The SMILES string of the molecule is CC(=CCN1CN(C)C2NCNC(N)C21)CCC1(C)C(C)CCC2(C)C(C)C=CCC21. The van der Waals surface area contributed by atoms with Crippen LogP contribution in [0.5, 0.6) is 0 Å². The third kappa shape index (κ3) is 4.17. The minimum absolute atomic E-state index is 0.0333. The molecule has 0 radical (unpaired) electrons. The summed E-state index contributed by atoms with van der Waals surface area (Å²) in [4.78, 5) is 4.91. The Morgan fingerprint density at radius 3 is 2.81 bits per heavy atom. The highest BCUT2D eigenvalue weighted by atomic mass is 15.5. The molecular formula is C26H47N5. The van der Waals surface area contributed by atoms with Gasteiger partial charge in [-0.1, -0.05) is 51.5 Å². The van der Waals surface area contributed by atoms with Crippen LogP contribution in [0.1, 0.15) is 66.7 Å². The van der Waals surface area contributed by atoms with Crippen LogP contribution in [0.2, 0.25) is 0 Å². The Morgan fingerprint density at radius 2 is 2.03 bits per heavy atom. The first kappa shape index (κ1) is 23.4. The van der Waals surface area contributed by atoms with E-state index in [1.165, 1.54) is 37.7 Å². The van der Waals surface area contributed by atoms with Gasteiger partial charge in [-0.25, -0.2) is 0 Å². The number of allylic oxidation sites excluding steroid dienone is 3. The number of likely N-dealkylation sites (N-methyl/N-ethyl adjacent to an activating group) is 1. The van der Waals surface area contributed by atoms with Crippen LogP contribution in [-0.4, -0.2) is 55.1 Å². The molecule has 0 aromatic rings. The van der Waals surface area contributed by atoms with E-state index in [0.29, 0.717) is 29.0 Å². The first-order chi connectivity index (χ1) is 14.7. The summed E-state index contributed by atoms with van der Waals surface area (Å²) in [6, 6.07) is 0.329. The summed E-state index contributed by atoms with van der Waals surface area (Å²) in [5, 5.41) is 6.93. The topological polar surface area (TPSA) is 56.6 Å². The monoisotopic (exact) mass is 429 g/mol. The summed E-state index contributed by atoms with van der Waals surface area (Å²) in [5.74, 6) is 2.32. The van der Waals surface area contributed by atoms with Crippen molar-refractivity contribution >= 4 is 0 Å². The second-order valence-electron chi connectivity index (χ2n) is 11.7. The van der Waals surface area contributed by atoms with Crippen LogP contribution in [0, 0.1) is 28.6 Å². The predicted octanol–water partition coefficient (Wildman–Crippen LogP) is 3.70. The lowest BCUT2D eigenvalue weighted by molar-refractivity contribution is -0.0779. The van der Waals surface area contributed by atoms with Crippen molar-refractivity contribution in [2.75, 3.05) is 26.9 Å². The highest BCUT2D eigenvalue weighted by Gasteiger charge is 2.53. The van der Waals surface area contributed by atoms with E-state index in [2.05, 4.69) is 80.3 Å². The van der Waals surface area contributed by atoms with Crippen LogP contribution >= 0.6 is 0 Å². The van der Waals surface area contributed by atoms with Gasteiger partial charge in [0, 0.05) is 13.2 Å². The molecule has 1 saturated carbocycles. The van der Waals surface area contributed by atoms with Gasteiger partial charge in [0.25, 0.3) is 0 Å². The molecule has 4 rings (SSSR count). The van der Waals surface area contributed by atoms with Gasteiger partial charge >= 0.3 is 0 Å². The average Bonchev–Trinajstić information content (AvgIpc) is 3.07. The molecule has 8 atom stereocenters. The Balaban J connectivity index is 1.40. The van der Waals surface area contributed by atoms with Crippen LogP contribution in [0.25, 0.3) is 0 Å². The van der Waals surface area contributed by atoms with Gasteiger partial charge in [-0.2, -0.15) is 0 Å². The summed E-state index contributed by atoms with van der Waals surface area (Å²) >= 11 is 0. The second-order valence-corrected chi connectivity index (χ2v) is 11.7. The van der Waals surface area contributed by atoms with E-state index >= 15 is 0 Å². The summed E-state index contributed by atoms with van der Waals surface area (Å²) < 4.78 is 0. The fourth-order valence-corrected chi connectivity index (χ4v) is 7.32. The van der Waals surface area contributed by atoms with Gasteiger partial charge in [-0.05, 0) is 74.7 Å². The third-order valence-corrected chi connectivity index (χ3v) is 10.0. The number of rotatable bonds is 5. The quantitative estimate of drug-likeness (QED) is 0.582. The maximum absolute atomic E-state index is 6.41. The van der Waals surface area contributed by atoms with Crippen LogP contribution in [0.4, 0.5) is 0 Å². The van der Waals surface area contributed by atoms with Gasteiger partial charge in [-0.3, -0.25) is 20.4 Å². The lowest BCUT2D eigenvalue weighted by atomic mass is 9.46. The zero-order valence-corrected chi connectivity index (χ0v) is 20.8. The van der Waals surface area contributed by atoms with Crippen LogP contribution in [-0.2, 0) is 0 Å². The number of hydrogen-bond acceptors (Lipinski definition) is 5. The Labute approximate surface area is 190 Å². The average molecular weight is 430 g/mol. The van der Waals surface area contributed by atoms with Crippen LogP contribution in [0.15, 0.2) is 23.8 Å². The van der Waals surface area contributed by atoms with Crippen molar-refractivity contribution in [3.8, 4) is 0 Å². The van der Waals surface area contributed by atoms with Crippen LogP contribution in [0.3, 0.4) is 0 Å². The first-order valence-corrected chi connectivity index (χ1v) is 12.7. The molecule has 0 aromatic carbocycles. The Hall–Kier alpha value is -0.720. The van der Waals surface area contributed by atoms with Crippen molar-refractivity contribution in [1.82, 2.24) is 20.4 Å². The number of fused-ring (bicyclic) bond motifs is 2.